The smallest absolute Gasteiger partial charge is 0.164 e. The standard InChI is InChI=1S/C52H38N2.C43H29N5.C38H30/c1-5-13-37(14-6-1)39-21-29-45(30-22-39)53(43-17-9-3-10-18-43)49-35-27-41-26-34-48-50(36-28-42-25-33-47(49)51(41)52(42)48)54(44-19-11-4-12-20-44)46-31-23-40(24-32-46)38-15-7-2-8-16-38;1-3-11-34(12-4-1)41-46-42(35-13-5-2-6-14-35)48-43(47-41)38-28-36(30-17-21-32(22-18-30)39-15-7-9-25-44-39)27-37(29-38)31-19-23-33(24-20-31)40-16-8-10-26-45-40;1-38(2,3)31-20-21-34-35(24-31)37(30-19-17-26-11-5-7-13-28(26)23-30)33-15-9-8-14-32(33)36(34)29-18-16-25-10-4-6-12-27(25)22-29/h1-36,51-52H;1-29H;4-24H,1-3H3. The Morgan fingerprint density at radius 2 is 0.586 bits per heavy atom. The Morgan fingerprint density at radius 3 is 1.07 bits per heavy atom. The first-order valence-electron chi connectivity index (χ1n) is 48.0. The number of hydrogen-bond donors (Lipinski definition) is 0. The highest BCUT2D eigenvalue weighted by Gasteiger charge is 2.43. The number of benzene rings is 18. The number of rotatable bonds is 17. The van der Waals surface area contributed by atoms with E-state index in [9.17, 15) is 0 Å². The minimum atomic E-state index is 0.0591. The topological polar surface area (TPSA) is 70.9 Å². The first kappa shape index (κ1) is 86.2. The Morgan fingerprint density at radius 1 is 0.229 bits per heavy atom. The zero-order valence-corrected chi connectivity index (χ0v) is 77.9. The number of anilines is 4. The summed E-state index contributed by atoms with van der Waals surface area (Å²) in [4.78, 5) is 28.9. The number of pyridine rings is 2. The van der Waals surface area contributed by atoms with Gasteiger partial charge in [-0.2, -0.15) is 0 Å². The molecule has 0 spiro atoms. The molecule has 18 aromatic carbocycles. The largest absolute Gasteiger partial charge is 0.310 e. The van der Waals surface area contributed by atoms with Gasteiger partial charge in [0.1, 0.15) is 0 Å². The molecule has 3 heterocycles. The molecule has 0 saturated heterocycles. The monoisotopic (exact) mass is 1790 g/mol. The van der Waals surface area contributed by atoms with Crippen molar-refractivity contribution in [1.82, 2.24) is 24.9 Å². The maximum absolute atomic E-state index is 5.04. The van der Waals surface area contributed by atoms with Gasteiger partial charge in [0.2, 0.25) is 0 Å². The third kappa shape index (κ3) is 17.5. The summed E-state index contributed by atoms with van der Waals surface area (Å²) in [7, 11) is 0. The fraction of sp³-hybridized carbons (Fsp3) is 0.0451. The number of fused-ring (bicyclic) bond motifs is 4. The van der Waals surface area contributed by atoms with Crippen LogP contribution in [0.25, 0.3) is 167 Å². The SMILES string of the molecule is C1=CC2=C(N(c3ccccc3)c3ccc(-c4ccccc4)cc3)C=CC3=CC=C4C(N(c5ccccc5)c5ccc(-c6ccccc6)cc5)=CC=C1C4C32.CC(C)(C)c1ccc2c(-c3ccc4ccccc4c3)c3ccccc3c(-c3ccc4ccccc4c3)c2c1.c1ccc(-c2nc(-c3ccccc3)nc(-c3cc(-c4ccc(-c5ccccn5)cc4)cc(-c4ccc(-c5ccccn5)cc4)c3)n2)cc1. The molecule has 664 valence electrons. The number of allylic oxidation sites excluding steroid dienone is 12. The van der Waals surface area contributed by atoms with Gasteiger partial charge in [-0.05, 0) is 264 Å². The summed E-state index contributed by atoms with van der Waals surface area (Å²) in [6.45, 7) is 6.90. The Hall–Kier alpha value is -17.9. The molecule has 0 amide bonds. The van der Waals surface area contributed by atoms with Gasteiger partial charge in [-0.3, -0.25) is 9.97 Å². The molecule has 2 unspecified atom stereocenters. The average Bonchev–Trinajstić information content (AvgIpc) is 0.730. The predicted octanol–water partition coefficient (Wildman–Crippen LogP) is 34.6. The number of nitrogens with zero attached hydrogens (tertiary/aromatic N) is 7. The van der Waals surface area contributed by atoms with Gasteiger partial charge in [-0.25, -0.2) is 15.0 Å². The van der Waals surface area contributed by atoms with E-state index in [1.54, 1.807) is 0 Å². The molecule has 140 heavy (non-hydrogen) atoms. The quantitative estimate of drug-likeness (QED) is 0.0841. The summed E-state index contributed by atoms with van der Waals surface area (Å²) < 4.78 is 0. The molecule has 7 heteroatoms. The van der Waals surface area contributed by atoms with Crippen molar-refractivity contribution in [3.63, 3.8) is 0 Å². The van der Waals surface area contributed by atoms with E-state index in [0.717, 1.165) is 84.2 Å². The lowest BCUT2D eigenvalue weighted by molar-refractivity contribution is 0.551. The van der Waals surface area contributed by atoms with Gasteiger partial charge in [0.05, 0.1) is 11.4 Å². The Kier molecular flexibility index (Phi) is 23.5. The molecule has 0 fully saturated rings. The zero-order chi connectivity index (χ0) is 93.8. The second-order valence-corrected chi connectivity index (χ2v) is 37.0. The van der Waals surface area contributed by atoms with Crippen LogP contribution in [-0.4, -0.2) is 24.9 Å². The van der Waals surface area contributed by atoms with E-state index in [-0.39, 0.29) is 17.3 Å². The minimum absolute atomic E-state index is 0.0591. The molecule has 3 aromatic heterocycles. The summed E-state index contributed by atoms with van der Waals surface area (Å²) in [6, 6.07) is 164. The molecular formula is C133H97N7. The highest BCUT2D eigenvalue weighted by molar-refractivity contribution is 6.22. The molecule has 25 rings (SSSR count). The van der Waals surface area contributed by atoms with Crippen molar-refractivity contribution in [1.29, 1.82) is 0 Å². The molecule has 0 saturated carbocycles. The highest BCUT2D eigenvalue weighted by atomic mass is 15.2. The second-order valence-electron chi connectivity index (χ2n) is 37.0. The number of aromatic nitrogens is 5. The molecule has 4 aliphatic carbocycles. The van der Waals surface area contributed by atoms with Crippen LogP contribution in [0.4, 0.5) is 22.7 Å². The van der Waals surface area contributed by atoms with Crippen LogP contribution in [-0.2, 0) is 5.41 Å². The first-order valence-corrected chi connectivity index (χ1v) is 48.0. The fourth-order valence-electron chi connectivity index (χ4n) is 20.2. The maximum atomic E-state index is 5.04. The molecular weight excluding hydrogens is 1700 g/mol. The van der Waals surface area contributed by atoms with Gasteiger partial charge < -0.3 is 9.80 Å². The van der Waals surface area contributed by atoms with Crippen LogP contribution in [0.1, 0.15) is 26.3 Å². The van der Waals surface area contributed by atoms with Gasteiger partial charge in [0, 0.05) is 86.2 Å². The van der Waals surface area contributed by atoms with Crippen LogP contribution < -0.4 is 9.80 Å². The van der Waals surface area contributed by atoms with Crippen LogP contribution >= 0.6 is 0 Å². The molecule has 0 bridgehead atoms. The van der Waals surface area contributed by atoms with Crippen molar-refractivity contribution in [2.24, 2.45) is 11.8 Å². The maximum Gasteiger partial charge on any atom is 0.164 e. The van der Waals surface area contributed by atoms with E-state index in [2.05, 4.69) is 453 Å². The van der Waals surface area contributed by atoms with Crippen LogP contribution in [0, 0.1) is 11.8 Å². The van der Waals surface area contributed by atoms with Gasteiger partial charge in [0.15, 0.2) is 17.5 Å². The van der Waals surface area contributed by atoms with Crippen LogP contribution in [0.5, 0.6) is 0 Å². The van der Waals surface area contributed by atoms with Crippen LogP contribution in [0.15, 0.2) is 556 Å². The highest BCUT2D eigenvalue weighted by Crippen LogP contribution is 2.55. The fourth-order valence-corrected chi connectivity index (χ4v) is 20.2. The Labute approximate surface area is 817 Å². The van der Waals surface area contributed by atoms with E-state index in [0.29, 0.717) is 17.5 Å². The molecule has 2 atom stereocenters. The Balaban J connectivity index is 0.000000119. The Bertz CT molecular complexity index is 8260. The lowest BCUT2D eigenvalue weighted by Gasteiger charge is -2.45. The third-order valence-electron chi connectivity index (χ3n) is 27.3. The van der Waals surface area contributed by atoms with Crippen molar-refractivity contribution in [2.45, 2.75) is 26.2 Å². The summed E-state index contributed by atoms with van der Waals surface area (Å²) in [6.07, 6.45) is 22.4. The van der Waals surface area contributed by atoms with E-state index in [1.807, 2.05) is 109 Å². The van der Waals surface area contributed by atoms with Crippen molar-refractivity contribution in [3.05, 3.63) is 561 Å². The molecule has 21 aromatic rings. The van der Waals surface area contributed by atoms with E-state index < -0.39 is 0 Å². The number of para-hydroxylation sites is 2. The van der Waals surface area contributed by atoms with Crippen LogP contribution in [0.2, 0.25) is 0 Å². The van der Waals surface area contributed by atoms with Gasteiger partial charge in [0.25, 0.3) is 0 Å². The number of hydrogen-bond acceptors (Lipinski definition) is 7. The lowest BCUT2D eigenvalue weighted by atomic mass is 9.63. The lowest BCUT2D eigenvalue weighted by Crippen LogP contribution is -2.35. The minimum Gasteiger partial charge on any atom is -0.310 e. The zero-order valence-electron chi connectivity index (χ0n) is 77.9. The first-order chi connectivity index (χ1) is 69.0. The van der Waals surface area contributed by atoms with Crippen molar-refractivity contribution < 1.29 is 0 Å². The molecule has 0 aliphatic heterocycles. The van der Waals surface area contributed by atoms with Crippen LogP contribution in [0.3, 0.4) is 0 Å². The summed E-state index contributed by atoms with van der Waals surface area (Å²) in [5.74, 6) is 2.26. The summed E-state index contributed by atoms with van der Waals surface area (Å²) in [5.41, 5.74) is 34.9. The molecule has 4 aliphatic rings. The van der Waals surface area contributed by atoms with Gasteiger partial charge in [-0.1, -0.05) is 409 Å². The molecule has 7 nitrogen and oxygen atoms in total. The predicted molar refractivity (Wildman–Crippen MR) is 585 cm³/mol. The third-order valence-corrected chi connectivity index (χ3v) is 27.3. The summed E-state index contributed by atoms with van der Waals surface area (Å²) in [5, 5.41) is 10.3. The van der Waals surface area contributed by atoms with Crippen molar-refractivity contribution >= 4 is 65.8 Å². The average molecular weight is 1790 g/mol. The van der Waals surface area contributed by atoms with E-state index >= 15 is 0 Å². The normalized spacial score (nSPS) is 13.9. The molecule has 0 N–H and O–H groups in total. The van der Waals surface area contributed by atoms with Crippen molar-refractivity contribution in [3.8, 4) is 123 Å². The molecule has 0 radical (unpaired) electrons. The van der Waals surface area contributed by atoms with Gasteiger partial charge >= 0.3 is 0 Å². The second kappa shape index (κ2) is 38.1. The van der Waals surface area contributed by atoms with E-state index in [4.69, 9.17) is 15.0 Å². The summed E-state index contributed by atoms with van der Waals surface area (Å²) >= 11 is 0. The van der Waals surface area contributed by atoms with E-state index in [1.165, 1.54) is 127 Å². The van der Waals surface area contributed by atoms with Crippen molar-refractivity contribution in [2.75, 3.05) is 9.80 Å². The van der Waals surface area contributed by atoms with Gasteiger partial charge in [-0.15, -0.1) is 0 Å².